The van der Waals surface area contributed by atoms with Crippen molar-refractivity contribution in [1.29, 1.82) is 0 Å². The molecule has 1 unspecified atom stereocenters. The van der Waals surface area contributed by atoms with Gasteiger partial charge in [-0.2, -0.15) is 0 Å². The summed E-state index contributed by atoms with van der Waals surface area (Å²) in [7, 11) is 0. The summed E-state index contributed by atoms with van der Waals surface area (Å²) in [5.74, 6) is -0.142. The van der Waals surface area contributed by atoms with Crippen LogP contribution in [0.1, 0.15) is 29.4 Å². The largest absolute Gasteiger partial charge is 0.409 e. The fraction of sp³-hybridized carbons (Fsp3) is 0.400. The Hall–Kier alpha value is -1.27. The Morgan fingerprint density at radius 3 is 2.94 bits per heavy atom. The van der Waals surface area contributed by atoms with Crippen LogP contribution in [0.3, 0.4) is 0 Å². The molecule has 1 atom stereocenters. The van der Waals surface area contributed by atoms with E-state index in [0.29, 0.717) is 22.7 Å². The fourth-order valence-corrected chi connectivity index (χ4v) is 2.34. The summed E-state index contributed by atoms with van der Waals surface area (Å²) >= 11 is 7.14. The predicted molar refractivity (Wildman–Crippen MR) is 68.9 cm³/mol. The van der Waals surface area contributed by atoms with Gasteiger partial charge in [-0.05, 0) is 17.9 Å². The van der Waals surface area contributed by atoms with E-state index in [9.17, 15) is 4.79 Å². The van der Waals surface area contributed by atoms with Crippen LogP contribution in [0.25, 0.3) is 0 Å². The number of nitrogens with one attached hydrogen (secondary N) is 1. The smallest absolute Gasteiger partial charge is 0.263 e. The summed E-state index contributed by atoms with van der Waals surface area (Å²) in [5, 5.41) is 16.3. The van der Waals surface area contributed by atoms with Gasteiger partial charge in [0.05, 0.1) is 5.02 Å². The van der Waals surface area contributed by atoms with Gasteiger partial charge in [0.2, 0.25) is 0 Å². The highest BCUT2D eigenvalue weighted by molar-refractivity contribution is 7.12. The summed E-state index contributed by atoms with van der Waals surface area (Å²) in [6.45, 7) is 1.91. The molecular weight excluding hydrogens is 262 g/mol. The lowest BCUT2D eigenvalue weighted by Gasteiger charge is -2.15. The maximum Gasteiger partial charge on any atom is 0.263 e. The van der Waals surface area contributed by atoms with E-state index in [2.05, 4.69) is 10.5 Å². The number of carbonyl (C=O) groups is 1. The summed E-state index contributed by atoms with van der Waals surface area (Å²) in [6, 6.07) is 1.50. The molecule has 0 aliphatic heterocycles. The zero-order valence-electron chi connectivity index (χ0n) is 9.31. The van der Waals surface area contributed by atoms with Gasteiger partial charge in [-0.25, -0.2) is 0 Å². The third-order valence-electron chi connectivity index (χ3n) is 2.24. The van der Waals surface area contributed by atoms with Crippen molar-refractivity contribution in [3.63, 3.8) is 0 Å². The summed E-state index contributed by atoms with van der Waals surface area (Å²) in [6.07, 6.45) is 0.993. The molecule has 17 heavy (non-hydrogen) atoms. The first kappa shape index (κ1) is 13.8. The van der Waals surface area contributed by atoms with Crippen LogP contribution in [0.15, 0.2) is 16.6 Å². The number of halogens is 1. The molecule has 0 aromatic carbocycles. The lowest BCUT2D eigenvalue weighted by atomic mass is 10.1. The molecule has 1 heterocycles. The van der Waals surface area contributed by atoms with Crippen molar-refractivity contribution >= 4 is 34.7 Å². The molecule has 7 heteroatoms. The number of amides is 1. The minimum absolute atomic E-state index is 0.0921. The molecule has 0 radical (unpaired) electrons. The van der Waals surface area contributed by atoms with Crippen molar-refractivity contribution in [2.24, 2.45) is 10.9 Å². The molecular formula is C10H14ClN3O2S. The Kier molecular flexibility index (Phi) is 5.24. The van der Waals surface area contributed by atoms with Gasteiger partial charge in [-0.3, -0.25) is 4.79 Å². The van der Waals surface area contributed by atoms with Crippen molar-refractivity contribution in [3.8, 4) is 0 Å². The Labute approximate surface area is 108 Å². The molecule has 94 valence electrons. The number of carbonyl (C=O) groups excluding carboxylic acids is 1. The van der Waals surface area contributed by atoms with Crippen LogP contribution in [-0.2, 0) is 0 Å². The second kappa shape index (κ2) is 6.46. The Balaban J connectivity index is 2.63. The molecule has 5 nitrogen and oxygen atoms in total. The summed E-state index contributed by atoms with van der Waals surface area (Å²) in [4.78, 5) is 12.3. The highest BCUT2D eigenvalue weighted by Crippen LogP contribution is 2.21. The highest BCUT2D eigenvalue weighted by Gasteiger charge is 2.16. The van der Waals surface area contributed by atoms with Crippen molar-refractivity contribution < 1.29 is 10.0 Å². The highest BCUT2D eigenvalue weighted by atomic mass is 35.5. The van der Waals surface area contributed by atoms with Gasteiger partial charge < -0.3 is 16.3 Å². The molecule has 0 bridgehead atoms. The first-order valence-corrected chi connectivity index (χ1v) is 6.34. The molecule has 1 amide bonds. The zero-order chi connectivity index (χ0) is 12.8. The second-order valence-corrected chi connectivity index (χ2v) is 4.80. The third-order valence-corrected chi connectivity index (χ3v) is 3.58. The van der Waals surface area contributed by atoms with Crippen LogP contribution in [-0.4, -0.2) is 23.0 Å². The lowest BCUT2D eigenvalue weighted by molar-refractivity contribution is 0.0941. The van der Waals surface area contributed by atoms with Gasteiger partial charge in [0.25, 0.3) is 5.91 Å². The molecule has 1 aromatic rings. The molecule has 0 saturated carbocycles. The van der Waals surface area contributed by atoms with Crippen molar-refractivity contribution in [2.75, 3.05) is 0 Å². The molecule has 0 saturated heterocycles. The van der Waals surface area contributed by atoms with Gasteiger partial charge in [-0.15, -0.1) is 11.3 Å². The van der Waals surface area contributed by atoms with Crippen LogP contribution >= 0.6 is 22.9 Å². The van der Waals surface area contributed by atoms with E-state index in [-0.39, 0.29) is 17.8 Å². The Morgan fingerprint density at radius 1 is 1.76 bits per heavy atom. The van der Waals surface area contributed by atoms with E-state index >= 15 is 0 Å². The summed E-state index contributed by atoms with van der Waals surface area (Å²) < 4.78 is 0. The lowest BCUT2D eigenvalue weighted by Crippen LogP contribution is -2.37. The van der Waals surface area contributed by atoms with Crippen molar-refractivity contribution in [1.82, 2.24) is 5.32 Å². The SMILES string of the molecule is CCC(C/C(N)=N/O)NC(=O)c1sccc1Cl. The zero-order valence-corrected chi connectivity index (χ0v) is 10.9. The normalized spacial score (nSPS) is 13.4. The topological polar surface area (TPSA) is 87.7 Å². The van der Waals surface area contributed by atoms with Gasteiger partial charge >= 0.3 is 0 Å². The van der Waals surface area contributed by atoms with E-state index in [0.717, 1.165) is 0 Å². The number of thiophene rings is 1. The number of amidine groups is 1. The molecule has 1 aromatic heterocycles. The number of rotatable bonds is 5. The monoisotopic (exact) mass is 275 g/mol. The third kappa shape index (κ3) is 3.90. The maximum absolute atomic E-state index is 11.8. The Morgan fingerprint density at radius 2 is 2.47 bits per heavy atom. The van der Waals surface area contributed by atoms with E-state index in [1.165, 1.54) is 11.3 Å². The van der Waals surface area contributed by atoms with Crippen LogP contribution in [0, 0.1) is 0 Å². The number of hydrogen-bond donors (Lipinski definition) is 3. The fourth-order valence-electron chi connectivity index (χ4n) is 1.30. The van der Waals surface area contributed by atoms with Crippen LogP contribution in [0.2, 0.25) is 5.02 Å². The summed E-state index contributed by atoms with van der Waals surface area (Å²) in [5.41, 5.74) is 5.40. The first-order valence-electron chi connectivity index (χ1n) is 5.08. The number of oxime groups is 1. The molecule has 0 fully saturated rings. The van der Waals surface area contributed by atoms with E-state index < -0.39 is 0 Å². The van der Waals surface area contributed by atoms with E-state index in [1.54, 1.807) is 11.4 Å². The van der Waals surface area contributed by atoms with Gasteiger partial charge in [0, 0.05) is 12.5 Å². The van der Waals surface area contributed by atoms with Crippen molar-refractivity contribution in [2.45, 2.75) is 25.8 Å². The average Bonchev–Trinajstić information content (AvgIpc) is 2.74. The van der Waals surface area contributed by atoms with Crippen LogP contribution < -0.4 is 11.1 Å². The first-order chi connectivity index (χ1) is 8.08. The van der Waals surface area contributed by atoms with E-state index in [1.807, 2.05) is 6.92 Å². The molecule has 4 N–H and O–H groups in total. The quantitative estimate of drug-likeness (QED) is 0.333. The van der Waals surface area contributed by atoms with Crippen LogP contribution in [0.4, 0.5) is 0 Å². The second-order valence-electron chi connectivity index (χ2n) is 3.47. The molecule has 0 spiro atoms. The van der Waals surface area contributed by atoms with Crippen molar-refractivity contribution in [3.05, 3.63) is 21.3 Å². The molecule has 0 aliphatic rings. The Bertz CT molecular complexity index is 419. The average molecular weight is 276 g/mol. The minimum atomic E-state index is -0.234. The van der Waals surface area contributed by atoms with Crippen LogP contribution in [0.5, 0.6) is 0 Å². The van der Waals surface area contributed by atoms with E-state index in [4.69, 9.17) is 22.5 Å². The van der Waals surface area contributed by atoms with Gasteiger partial charge in [0.1, 0.15) is 10.7 Å². The number of hydrogen-bond acceptors (Lipinski definition) is 4. The molecule has 1 rings (SSSR count). The minimum Gasteiger partial charge on any atom is -0.409 e. The standard InChI is InChI=1S/C10H14ClN3O2S/c1-2-6(5-8(12)14-16)13-10(15)9-7(11)3-4-17-9/h3-4,6,16H,2,5H2,1H3,(H2,12,14)(H,13,15). The maximum atomic E-state index is 11.8. The number of nitrogens with two attached hydrogens (primary N) is 1. The van der Waals surface area contributed by atoms with Gasteiger partial charge in [0.15, 0.2) is 0 Å². The predicted octanol–water partition coefficient (Wildman–Crippen LogP) is 2.05. The number of nitrogens with zero attached hydrogens (tertiary/aromatic N) is 1. The van der Waals surface area contributed by atoms with Gasteiger partial charge in [-0.1, -0.05) is 23.7 Å². The molecule has 0 aliphatic carbocycles.